The molecule has 0 aliphatic heterocycles. The predicted octanol–water partition coefficient (Wildman–Crippen LogP) is 4.03. The molecule has 0 saturated heterocycles. The summed E-state index contributed by atoms with van der Waals surface area (Å²) in [5.74, 6) is -3.23. The molecule has 2 N–H and O–H groups in total. The van der Waals surface area contributed by atoms with Crippen LogP contribution in [0.4, 0.5) is 8.78 Å². The van der Waals surface area contributed by atoms with E-state index in [0.717, 1.165) is 0 Å². The Balaban J connectivity index is 1.63. The highest BCUT2D eigenvalue weighted by molar-refractivity contribution is 7.10. The molecule has 10 heteroatoms. The second-order valence-electron chi connectivity index (χ2n) is 7.24. The molecule has 1 fully saturated rings. The maximum atomic E-state index is 13.3. The second-order valence-corrected chi connectivity index (χ2v) is 8.85. The van der Waals surface area contributed by atoms with Crippen LogP contribution < -0.4 is 10.6 Å². The lowest BCUT2D eigenvalue weighted by atomic mass is 9.92. The first kappa shape index (κ1) is 20.8. The van der Waals surface area contributed by atoms with Crippen molar-refractivity contribution in [2.24, 2.45) is 5.92 Å². The molecule has 152 valence electrons. The van der Waals surface area contributed by atoms with E-state index in [4.69, 9.17) is 0 Å². The lowest BCUT2D eigenvalue weighted by Gasteiger charge is -2.28. The van der Waals surface area contributed by atoms with Crippen molar-refractivity contribution in [3.63, 3.8) is 0 Å². The van der Waals surface area contributed by atoms with E-state index in [9.17, 15) is 18.4 Å². The van der Waals surface area contributed by atoms with Gasteiger partial charge in [0.25, 0.3) is 11.8 Å². The highest BCUT2D eigenvalue weighted by Gasteiger charge is 2.35. The van der Waals surface area contributed by atoms with Gasteiger partial charge in [0.15, 0.2) is 0 Å². The van der Waals surface area contributed by atoms with Crippen LogP contribution in [-0.4, -0.2) is 33.7 Å². The van der Waals surface area contributed by atoms with Crippen molar-refractivity contribution >= 4 is 34.5 Å². The number of carbonyl (C=O) groups is 2. The van der Waals surface area contributed by atoms with Crippen LogP contribution in [0.3, 0.4) is 0 Å². The van der Waals surface area contributed by atoms with E-state index < -0.39 is 5.92 Å². The fourth-order valence-electron chi connectivity index (χ4n) is 3.03. The number of nitrogens with zero attached hydrogens (tertiary/aromatic N) is 2. The van der Waals surface area contributed by atoms with Crippen LogP contribution in [0, 0.1) is 5.92 Å². The zero-order valence-electron chi connectivity index (χ0n) is 15.6. The van der Waals surface area contributed by atoms with Gasteiger partial charge in [0.05, 0.1) is 11.6 Å². The molecule has 3 rings (SSSR count). The van der Waals surface area contributed by atoms with E-state index in [-0.39, 0.29) is 61.2 Å². The summed E-state index contributed by atoms with van der Waals surface area (Å²) in [6.07, 6.45) is 0.0960. The van der Waals surface area contributed by atoms with Crippen molar-refractivity contribution in [3.05, 3.63) is 32.7 Å². The van der Waals surface area contributed by atoms with Crippen LogP contribution in [0.1, 0.15) is 71.6 Å². The van der Waals surface area contributed by atoms with Gasteiger partial charge < -0.3 is 10.6 Å². The molecule has 6 nitrogen and oxygen atoms in total. The number of alkyl halides is 2. The number of carbonyl (C=O) groups excluding carboxylic acids is 2. The quantitative estimate of drug-likeness (QED) is 0.728. The van der Waals surface area contributed by atoms with E-state index in [2.05, 4.69) is 20.6 Å². The van der Waals surface area contributed by atoms with Gasteiger partial charge in [-0.05, 0) is 18.8 Å². The number of nitrogens with one attached hydrogen (secondary N) is 2. The molecule has 1 aliphatic carbocycles. The lowest BCUT2D eigenvalue weighted by Crippen LogP contribution is -2.40. The number of aromatic nitrogens is 2. The average molecular weight is 429 g/mol. The number of amides is 2. The molecule has 2 aromatic heterocycles. The third kappa shape index (κ3) is 5.11. The van der Waals surface area contributed by atoms with Gasteiger partial charge in [-0.2, -0.15) is 0 Å². The van der Waals surface area contributed by atoms with Gasteiger partial charge in [0.1, 0.15) is 16.4 Å². The number of rotatable bonds is 6. The first-order valence-corrected chi connectivity index (χ1v) is 10.9. The summed E-state index contributed by atoms with van der Waals surface area (Å²) in [7, 11) is 0. The van der Waals surface area contributed by atoms with Crippen molar-refractivity contribution in [1.82, 2.24) is 20.6 Å². The fourth-order valence-corrected chi connectivity index (χ4v) is 4.58. The summed E-state index contributed by atoms with van der Waals surface area (Å²) in [5, 5.41) is 9.63. The highest BCUT2D eigenvalue weighted by Crippen LogP contribution is 2.33. The molecule has 0 aromatic carbocycles. The molecule has 0 bridgehead atoms. The van der Waals surface area contributed by atoms with Crippen molar-refractivity contribution in [1.29, 1.82) is 0 Å². The summed E-state index contributed by atoms with van der Waals surface area (Å²) in [6.45, 7) is 3.91. The third-order valence-corrected chi connectivity index (χ3v) is 6.21. The zero-order chi connectivity index (χ0) is 20.3. The van der Waals surface area contributed by atoms with Crippen molar-refractivity contribution in [2.45, 2.75) is 57.5 Å². The van der Waals surface area contributed by atoms with Gasteiger partial charge in [-0.15, -0.1) is 22.7 Å². The Morgan fingerprint density at radius 3 is 2.50 bits per heavy atom. The minimum absolute atomic E-state index is 0.0604. The van der Waals surface area contributed by atoms with Crippen LogP contribution >= 0.6 is 22.7 Å². The monoisotopic (exact) mass is 428 g/mol. The van der Waals surface area contributed by atoms with Gasteiger partial charge in [-0.3, -0.25) is 9.59 Å². The summed E-state index contributed by atoms with van der Waals surface area (Å²) >= 11 is 2.63. The van der Waals surface area contributed by atoms with Crippen molar-refractivity contribution in [2.75, 3.05) is 0 Å². The SMILES string of the molecule is CC(C)C(NC(=O)c1cscn1)c1nc(C(=O)NC2CCC(F)(F)CC2)cs1. The summed E-state index contributed by atoms with van der Waals surface area (Å²) in [5.41, 5.74) is 2.18. The van der Waals surface area contributed by atoms with Crippen LogP contribution in [-0.2, 0) is 0 Å². The molecule has 1 aliphatic rings. The Labute approximate surface area is 169 Å². The molecule has 1 saturated carbocycles. The van der Waals surface area contributed by atoms with Crippen LogP contribution in [0.25, 0.3) is 0 Å². The van der Waals surface area contributed by atoms with Gasteiger partial charge in [0.2, 0.25) is 5.92 Å². The third-order valence-electron chi connectivity index (χ3n) is 4.69. The average Bonchev–Trinajstić information content (AvgIpc) is 3.33. The molecule has 28 heavy (non-hydrogen) atoms. The Morgan fingerprint density at radius 2 is 1.89 bits per heavy atom. The molecule has 0 spiro atoms. The Morgan fingerprint density at radius 1 is 1.18 bits per heavy atom. The van der Waals surface area contributed by atoms with Crippen molar-refractivity contribution < 1.29 is 18.4 Å². The maximum absolute atomic E-state index is 13.3. The van der Waals surface area contributed by atoms with Crippen LogP contribution in [0.15, 0.2) is 16.3 Å². The predicted molar refractivity (Wildman–Crippen MR) is 104 cm³/mol. The summed E-state index contributed by atoms with van der Waals surface area (Å²) in [6, 6.07) is -0.614. The molecule has 1 atom stereocenters. The lowest BCUT2D eigenvalue weighted by molar-refractivity contribution is -0.0399. The topological polar surface area (TPSA) is 84.0 Å². The van der Waals surface area contributed by atoms with E-state index >= 15 is 0 Å². The number of hydrogen-bond donors (Lipinski definition) is 2. The van der Waals surface area contributed by atoms with E-state index in [1.165, 1.54) is 22.7 Å². The minimum atomic E-state index is -2.63. The van der Waals surface area contributed by atoms with Crippen molar-refractivity contribution in [3.8, 4) is 0 Å². The molecular formula is C18H22F2N4O2S2. The summed E-state index contributed by atoms with van der Waals surface area (Å²) in [4.78, 5) is 33.1. The standard InChI is InChI=1S/C18H22F2N4O2S2/c1-10(2)14(24-15(25)12-7-27-9-21-12)17-23-13(8-28-17)16(26)22-11-3-5-18(19,20)6-4-11/h7-11,14H,3-6H2,1-2H3,(H,22,26)(H,24,25). The van der Waals surface area contributed by atoms with Gasteiger partial charge in [-0.25, -0.2) is 18.7 Å². The van der Waals surface area contributed by atoms with Gasteiger partial charge >= 0.3 is 0 Å². The normalized spacial score (nSPS) is 18.0. The maximum Gasteiger partial charge on any atom is 0.271 e. The second kappa shape index (κ2) is 8.60. The Hall–Kier alpha value is -1.94. The Kier molecular flexibility index (Phi) is 6.39. The first-order valence-electron chi connectivity index (χ1n) is 9.08. The smallest absolute Gasteiger partial charge is 0.271 e. The number of halogens is 2. The number of hydrogen-bond acceptors (Lipinski definition) is 6. The highest BCUT2D eigenvalue weighted by atomic mass is 32.1. The fraction of sp³-hybridized carbons (Fsp3) is 0.556. The first-order chi connectivity index (χ1) is 13.2. The van der Waals surface area contributed by atoms with Gasteiger partial charge in [0, 0.05) is 29.6 Å². The van der Waals surface area contributed by atoms with E-state index in [1.54, 1.807) is 16.3 Å². The van der Waals surface area contributed by atoms with E-state index in [1.807, 2.05) is 13.8 Å². The number of thiazole rings is 2. The van der Waals surface area contributed by atoms with Crippen LogP contribution in [0.5, 0.6) is 0 Å². The molecule has 2 aromatic rings. The van der Waals surface area contributed by atoms with Crippen LogP contribution in [0.2, 0.25) is 0 Å². The molecule has 2 heterocycles. The summed E-state index contributed by atoms with van der Waals surface area (Å²) < 4.78 is 26.5. The molecule has 1 unspecified atom stereocenters. The molecule has 2 amide bonds. The van der Waals surface area contributed by atoms with E-state index in [0.29, 0.717) is 10.7 Å². The molecular weight excluding hydrogens is 406 g/mol. The zero-order valence-corrected chi connectivity index (χ0v) is 17.2. The Bertz CT molecular complexity index is 813. The minimum Gasteiger partial charge on any atom is -0.348 e. The largest absolute Gasteiger partial charge is 0.348 e. The molecule has 0 radical (unpaired) electrons. The van der Waals surface area contributed by atoms with Gasteiger partial charge in [-0.1, -0.05) is 13.8 Å².